The number of benzene rings is 1. The Kier molecular flexibility index (Phi) is 7.61. The third kappa shape index (κ3) is 7.06. The third-order valence-corrected chi connectivity index (χ3v) is 4.23. The van der Waals surface area contributed by atoms with Crippen molar-refractivity contribution in [2.75, 3.05) is 20.1 Å². The van der Waals surface area contributed by atoms with Crippen molar-refractivity contribution >= 4 is 5.91 Å². The molecular formula is C21H29N3O. The van der Waals surface area contributed by atoms with Gasteiger partial charge in [0.2, 0.25) is 5.91 Å². The molecule has 4 heteroatoms. The fourth-order valence-electron chi connectivity index (χ4n) is 2.75. The van der Waals surface area contributed by atoms with E-state index in [1.165, 1.54) is 11.1 Å². The molecule has 0 aliphatic heterocycles. The lowest BCUT2D eigenvalue weighted by molar-refractivity contribution is -0.122. The van der Waals surface area contributed by atoms with Crippen molar-refractivity contribution in [3.8, 4) is 0 Å². The van der Waals surface area contributed by atoms with Crippen LogP contribution in [0, 0.1) is 0 Å². The fraction of sp³-hybridized carbons (Fsp3) is 0.429. The molecule has 1 amide bonds. The van der Waals surface area contributed by atoms with E-state index in [0.717, 1.165) is 24.9 Å². The van der Waals surface area contributed by atoms with Crippen LogP contribution in [0.5, 0.6) is 0 Å². The van der Waals surface area contributed by atoms with Gasteiger partial charge in [0.25, 0.3) is 0 Å². The van der Waals surface area contributed by atoms with E-state index in [1.54, 1.807) is 12.4 Å². The molecule has 0 aliphatic carbocycles. The lowest BCUT2D eigenvalue weighted by atomic mass is 10.0. The summed E-state index contributed by atoms with van der Waals surface area (Å²) in [7, 11) is 1.95. The molecule has 4 nitrogen and oxygen atoms in total. The Morgan fingerprint density at radius 3 is 2.40 bits per heavy atom. The van der Waals surface area contributed by atoms with Crippen LogP contribution in [0.3, 0.4) is 0 Å². The number of carbonyl (C=O) groups excluding carboxylic acids is 1. The van der Waals surface area contributed by atoms with Gasteiger partial charge in [0.05, 0.1) is 6.54 Å². The van der Waals surface area contributed by atoms with Crippen LogP contribution in [0.1, 0.15) is 42.9 Å². The molecule has 0 spiro atoms. The van der Waals surface area contributed by atoms with Crippen molar-refractivity contribution in [3.63, 3.8) is 0 Å². The van der Waals surface area contributed by atoms with E-state index in [4.69, 9.17) is 0 Å². The van der Waals surface area contributed by atoms with Gasteiger partial charge in [-0.2, -0.15) is 0 Å². The number of pyridine rings is 1. The van der Waals surface area contributed by atoms with Gasteiger partial charge in [0.1, 0.15) is 0 Å². The first-order chi connectivity index (χ1) is 12.0. The topological polar surface area (TPSA) is 45.2 Å². The maximum absolute atomic E-state index is 12.0. The van der Waals surface area contributed by atoms with Crippen molar-refractivity contribution in [1.29, 1.82) is 0 Å². The zero-order chi connectivity index (χ0) is 18.1. The van der Waals surface area contributed by atoms with Gasteiger partial charge in [-0.05, 0) is 54.6 Å². The number of likely N-dealkylation sites (N-methyl/N-ethyl adjacent to an activating group) is 1. The fourth-order valence-corrected chi connectivity index (χ4v) is 2.75. The van der Waals surface area contributed by atoms with Crippen LogP contribution >= 0.6 is 0 Å². The van der Waals surface area contributed by atoms with Crippen LogP contribution in [0.4, 0.5) is 0 Å². The molecule has 0 fully saturated rings. The summed E-state index contributed by atoms with van der Waals surface area (Å²) in [5, 5.41) is 3.01. The Labute approximate surface area is 151 Å². The summed E-state index contributed by atoms with van der Waals surface area (Å²) in [6, 6.07) is 12.7. The van der Waals surface area contributed by atoms with Crippen LogP contribution in [-0.2, 0) is 17.8 Å². The number of aromatic nitrogens is 1. The highest BCUT2D eigenvalue weighted by molar-refractivity contribution is 5.77. The molecule has 0 aliphatic rings. The molecule has 2 aromatic rings. The second kappa shape index (κ2) is 9.94. The molecular weight excluding hydrogens is 310 g/mol. The van der Waals surface area contributed by atoms with Gasteiger partial charge < -0.3 is 5.32 Å². The predicted octanol–water partition coefficient (Wildman–Crippen LogP) is 3.39. The second-order valence-electron chi connectivity index (χ2n) is 6.88. The monoisotopic (exact) mass is 339 g/mol. The zero-order valence-electron chi connectivity index (χ0n) is 15.5. The van der Waals surface area contributed by atoms with Crippen LogP contribution in [0.15, 0.2) is 48.8 Å². The maximum atomic E-state index is 12.0. The molecule has 0 saturated carbocycles. The summed E-state index contributed by atoms with van der Waals surface area (Å²) >= 11 is 0. The Hall–Kier alpha value is -2.20. The summed E-state index contributed by atoms with van der Waals surface area (Å²) in [4.78, 5) is 18.0. The average molecular weight is 339 g/mol. The number of rotatable bonds is 9. The predicted molar refractivity (Wildman–Crippen MR) is 102 cm³/mol. The lowest BCUT2D eigenvalue weighted by Gasteiger charge is -2.16. The van der Waals surface area contributed by atoms with Crippen molar-refractivity contribution in [1.82, 2.24) is 15.2 Å². The molecule has 1 aromatic heterocycles. The molecule has 0 atom stereocenters. The van der Waals surface area contributed by atoms with Gasteiger partial charge in [0.15, 0.2) is 0 Å². The van der Waals surface area contributed by atoms with E-state index < -0.39 is 0 Å². The first-order valence-electron chi connectivity index (χ1n) is 8.97. The molecule has 134 valence electrons. The normalized spacial score (nSPS) is 11.1. The highest BCUT2D eigenvalue weighted by atomic mass is 16.2. The van der Waals surface area contributed by atoms with Crippen LogP contribution in [0.25, 0.3) is 0 Å². The molecule has 0 radical (unpaired) electrons. The molecule has 2 rings (SSSR count). The number of nitrogens with one attached hydrogen (secondary N) is 1. The molecule has 0 unspecified atom stereocenters. The van der Waals surface area contributed by atoms with Crippen molar-refractivity contribution in [3.05, 3.63) is 65.5 Å². The minimum absolute atomic E-state index is 0.0757. The molecule has 0 saturated heterocycles. The molecule has 1 heterocycles. The quantitative estimate of drug-likeness (QED) is 0.712. The Balaban J connectivity index is 1.63. The lowest BCUT2D eigenvalue weighted by Crippen LogP contribution is -2.35. The van der Waals surface area contributed by atoms with Gasteiger partial charge >= 0.3 is 0 Å². The smallest absolute Gasteiger partial charge is 0.234 e. The molecule has 1 N–H and O–H groups in total. The van der Waals surface area contributed by atoms with Gasteiger partial charge in [-0.15, -0.1) is 0 Å². The van der Waals surface area contributed by atoms with Crippen molar-refractivity contribution in [2.24, 2.45) is 0 Å². The summed E-state index contributed by atoms with van der Waals surface area (Å²) < 4.78 is 0. The molecule has 0 bridgehead atoms. The van der Waals surface area contributed by atoms with Gasteiger partial charge in [-0.3, -0.25) is 14.7 Å². The Morgan fingerprint density at radius 2 is 1.76 bits per heavy atom. The largest absolute Gasteiger partial charge is 0.355 e. The first-order valence-corrected chi connectivity index (χ1v) is 8.97. The number of amides is 1. The van der Waals surface area contributed by atoms with E-state index in [1.807, 2.05) is 24.1 Å². The van der Waals surface area contributed by atoms with Gasteiger partial charge in [-0.25, -0.2) is 0 Å². The van der Waals surface area contributed by atoms with E-state index in [2.05, 4.69) is 48.4 Å². The minimum Gasteiger partial charge on any atom is -0.355 e. The summed E-state index contributed by atoms with van der Waals surface area (Å²) in [5.74, 6) is 0.643. The third-order valence-electron chi connectivity index (χ3n) is 4.23. The van der Waals surface area contributed by atoms with Crippen molar-refractivity contribution < 1.29 is 4.79 Å². The standard InChI is InChI=1S/C21H29N3O/c1-17(2)20-8-6-18(7-9-20)5-4-12-23-21(25)16-24(3)15-19-10-13-22-14-11-19/h6-11,13-14,17H,4-5,12,15-16H2,1-3H3,(H,23,25). The van der Waals surface area contributed by atoms with E-state index >= 15 is 0 Å². The number of aryl methyl sites for hydroxylation is 1. The van der Waals surface area contributed by atoms with E-state index in [0.29, 0.717) is 19.0 Å². The summed E-state index contributed by atoms with van der Waals surface area (Å²) in [6.07, 6.45) is 5.50. The minimum atomic E-state index is 0.0757. The number of carbonyl (C=O) groups is 1. The van der Waals surface area contributed by atoms with Crippen LogP contribution in [-0.4, -0.2) is 35.9 Å². The van der Waals surface area contributed by atoms with Gasteiger partial charge in [0, 0.05) is 25.5 Å². The SMILES string of the molecule is CC(C)c1ccc(CCCNC(=O)CN(C)Cc2ccncc2)cc1. The highest BCUT2D eigenvalue weighted by Gasteiger charge is 2.06. The van der Waals surface area contributed by atoms with Crippen LogP contribution in [0.2, 0.25) is 0 Å². The van der Waals surface area contributed by atoms with Gasteiger partial charge in [-0.1, -0.05) is 38.1 Å². The summed E-state index contributed by atoms with van der Waals surface area (Å²) in [5.41, 5.74) is 3.86. The number of hydrogen-bond acceptors (Lipinski definition) is 3. The first kappa shape index (κ1) is 19.1. The van der Waals surface area contributed by atoms with Crippen molar-refractivity contribution in [2.45, 2.75) is 39.2 Å². The molecule has 25 heavy (non-hydrogen) atoms. The average Bonchev–Trinajstić information content (AvgIpc) is 2.60. The second-order valence-corrected chi connectivity index (χ2v) is 6.88. The zero-order valence-corrected chi connectivity index (χ0v) is 15.5. The molecule has 1 aromatic carbocycles. The summed E-state index contributed by atoms with van der Waals surface area (Å²) in [6.45, 7) is 6.28. The number of hydrogen-bond donors (Lipinski definition) is 1. The Morgan fingerprint density at radius 1 is 1.08 bits per heavy atom. The Bertz CT molecular complexity index is 638. The number of nitrogens with zero attached hydrogens (tertiary/aromatic N) is 2. The maximum Gasteiger partial charge on any atom is 0.234 e. The highest BCUT2D eigenvalue weighted by Crippen LogP contribution is 2.15. The van der Waals surface area contributed by atoms with E-state index in [-0.39, 0.29) is 5.91 Å². The van der Waals surface area contributed by atoms with E-state index in [9.17, 15) is 4.79 Å². The van der Waals surface area contributed by atoms with Crippen LogP contribution < -0.4 is 5.32 Å².